The van der Waals surface area contributed by atoms with E-state index in [0.29, 0.717) is 35.5 Å². The Morgan fingerprint density at radius 1 is 1.38 bits per heavy atom. The van der Waals surface area contributed by atoms with Gasteiger partial charge in [0.05, 0.1) is 26.0 Å². The van der Waals surface area contributed by atoms with Gasteiger partial charge in [0.15, 0.2) is 11.5 Å². The SMILES string of the molecule is CCOc1ccc(-c2nc(CN=[N+]=[N-])c(C)o2)cc1OC. The molecule has 0 unspecified atom stereocenters. The van der Waals surface area contributed by atoms with E-state index in [2.05, 4.69) is 15.0 Å². The van der Waals surface area contributed by atoms with Crippen molar-refractivity contribution in [2.45, 2.75) is 20.4 Å². The fraction of sp³-hybridized carbons (Fsp3) is 0.357. The fourth-order valence-electron chi connectivity index (χ4n) is 1.87. The highest BCUT2D eigenvalue weighted by Crippen LogP contribution is 2.32. The molecule has 0 fully saturated rings. The van der Waals surface area contributed by atoms with E-state index in [4.69, 9.17) is 19.4 Å². The number of azide groups is 1. The Bertz CT molecular complexity index is 675. The Labute approximate surface area is 122 Å². The summed E-state index contributed by atoms with van der Waals surface area (Å²) >= 11 is 0. The van der Waals surface area contributed by atoms with Crippen LogP contribution in [0.4, 0.5) is 0 Å². The number of oxazole rings is 1. The number of methoxy groups -OCH3 is 1. The second-order valence-corrected chi connectivity index (χ2v) is 4.21. The molecular weight excluding hydrogens is 272 g/mol. The number of nitrogens with zero attached hydrogens (tertiary/aromatic N) is 4. The van der Waals surface area contributed by atoms with E-state index >= 15 is 0 Å². The van der Waals surface area contributed by atoms with Gasteiger partial charge in [0.1, 0.15) is 5.76 Å². The highest BCUT2D eigenvalue weighted by Gasteiger charge is 2.13. The van der Waals surface area contributed by atoms with Gasteiger partial charge in [0, 0.05) is 10.5 Å². The number of ether oxygens (including phenoxy) is 2. The van der Waals surface area contributed by atoms with Gasteiger partial charge in [-0.1, -0.05) is 5.11 Å². The molecule has 0 aliphatic heterocycles. The summed E-state index contributed by atoms with van der Waals surface area (Å²) < 4.78 is 16.4. The first-order valence-corrected chi connectivity index (χ1v) is 6.48. The van der Waals surface area contributed by atoms with Crippen LogP contribution in [0.3, 0.4) is 0 Å². The zero-order valence-electron chi connectivity index (χ0n) is 12.2. The molecule has 1 heterocycles. The Balaban J connectivity index is 2.35. The first-order chi connectivity index (χ1) is 10.2. The largest absolute Gasteiger partial charge is 0.493 e. The lowest BCUT2D eigenvalue weighted by molar-refractivity contribution is 0.311. The van der Waals surface area contributed by atoms with E-state index in [-0.39, 0.29) is 6.54 Å². The van der Waals surface area contributed by atoms with Gasteiger partial charge >= 0.3 is 0 Å². The van der Waals surface area contributed by atoms with Crippen LogP contribution in [-0.4, -0.2) is 18.7 Å². The lowest BCUT2D eigenvalue weighted by atomic mass is 10.2. The van der Waals surface area contributed by atoms with Crippen molar-refractivity contribution >= 4 is 0 Å². The van der Waals surface area contributed by atoms with Crippen LogP contribution in [0.5, 0.6) is 11.5 Å². The predicted octanol–water partition coefficient (Wildman–Crippen LogP) is 3.87. The molecule has 7 heteroatoms. The maximum Gasteiger partial charge on any atom is 0.226 e. The topological polar surface area (TPSA) is 93.3 Å². The second-order valence-electron chi connectivity index (χ2n) is 4.21. The third-order valence-electron chi connectivity index (χ3n) is 2.89. The third kappa shape index (κ3) is 3.27. The zero-order valence-corrected chi connectivity index (χ0v) is 12.2. The maximum atomic E-state index is 8.36. The normalized spacial score (nSPS) is 10.0. The first kappa shape index (κ1) is 14.7. The van der Waals surface area contributed by atoms with Crippen molar-refractivity contribution in [3.63, 3.8) is 0 Å². The van der Waals surface area contributed by atoms with Crippen LogP contribution in [-0.2, 0) is 6.54 Å². The number of hydrogen-bond acceptors (Lipinski definition) is 5. The van der Waals surface area contributed by atoms with Crippen LogP contribution in [0.2, 0.25) is 0 Å². The average molecular weight is 288 g/mol. The summed E-state index contributed by atoms with van der Waals surface area (Å²) in [6, 6.07) is 5.45. The lowest BCUT2D eigenvalue weighted by Gasteiger charge is -2.09. The van der Waals surface area contributed by atoms with Gasteiger partial charge in [-0.15, -0.1) is 0 Å². The molecular formula is C14H16N4O3. The summed E-state index contributed by atoms with van der Waals surface area (Å²) in [7, 11) is 1.58. The smallest absolute Gasteiger partial charge is 0.226 e. The number of hydrogen-bond donors (Lipinski definition) is 0. The van der Waals surface area contributed by atoms with E-state index < -0.39 is 0 Å². The molecule has 0 N–H and O–H groups in total. The van der Waals surface area contributed by atoms with Crippen LogP contribution < -0.4 is 9.47 Å². The fourth-order valence-corrected chi connectivity index (χ4v) is 1.87. The molecule has 110 valence electrons. The first-order valence-electron chi connectivity index (χ1n) is 6.48. The zero-order chi connectivity index (χ0) is 15.2. The van der Waals surface area contributed by atoms with Crippen molar-refractivity contribution in [1.29, 1.82) is 0 Å². The van der Waals surface area contributed by atoms with E-state index in [1.165, 1.54) is 0 Å². The summed E-state index contributed by atoms with van der Waals surface area (Å²) in [5, 5.41) is 3.50. The van der Waals surface area contributed by atoms with Crippen molar-refractivity contribution in [2.24, 2.45) is 5.11 Å². The summed E-state index contributed by atoms with van der Waals surface area (Å²) in [5.41, 5.74) is 9.75. The van der Waals surface area contributed by atoms with E-state index in [1.807, 2.05) is 19.1 Å². The minimum Gasteiger partial charge on any atom is -0.493 e. The molecule has 7 nitrogen and oxygen atoms in total. The Morgan fingerprint density at radius 3 is 2.86 bits per heavy atom. The average Bonchev–Trinajstić information content (AvgIpc) is 2.87. The molecule has 0 radical (unpaired) electrons. The molecule has 0 saturated carbocycles. The Morgan fingerprint density at radius 2 is 2.19 bits per heavy atom. The van der Waals surface area contributed by atoms with Gasteiger partial charge < -0.3 is 13.9 Å². The quantitative estimate of drug-likeness (QED) is 0.458. The van der Waals surface area contributed by atoms with Gasteiger partial charge in [-0.05, 0) is 37.6 Å². The molecule has 0 amide bonds. The summed E-state index contributed by atoms with van der Waals surface area (Å²) in [6.45, 7) is 4.42. The van der Waals surface area contributed by atoms with Crippen molar-refractivity contribution in [3.8, 4) is 23.0 Å². The van der Waals surface area contributed by atoms with E-state index in [0.717, 1.165) is 5.56 Å². The van der Waals surface area contributed by atoms with Crippen molar-refractivity contribution in [1.82, 2.24) is 4.98 Å². The van der Waals surface area contributed by atoms with Gasteiger partial charge in [0.25, 0.3) is 0 Å². The molecule has 0 bridgehead atoms. The van der Waals surface area contributed by atoms with Gasteiger partial charge in [0.2, 0.25) is 5.89 Å². The molecule has 21 heavy (non-hydrogen) atoms. The predicted molar refractivity (Wildman–Crippen MR) is 77.2 cm³/mol. The van der Waals surface area contributed by atoms with Crippen molar-refractivity contribution < 1.29 is 13.9 Å². The summed E-state index contributed by atoms with van der Waals surface area (Å²) in [6.07, 6.45) is 0. The van der Waals surface area contributed by atoms with Gasteiger partial charge in [-0.2, -0.15) is 0 Å². The van der Waals surface area contributed by atoms with E-state index in [9.17, 15) is 0 Å². The molecule has 0 saturated heterocycles. The number of aromatic nitrogens is 1. The minimum absolute atomic E-state index is 0.167. The molecule has 1 aromatic carbocycles. The van der Waals surface area contributed by atoms with Crippen LogP contribution >= 0.6 is 0 Å². The molecule has 0 atom stereocenters. The Kier molecular flexibility index (Phi) is 4.68. The molecule has 1 aromatic heterocycles. The Hall–Kier alpha value is -2.66. The molecule has 2 aromatic rings. The molecule has 2 rings (SSSR count). The summed E-state index contributed by atoms with van der Waals surface area (Å²) in [5.74, 6) is 2.37. The highest BCUT2D eigenvalue weighted by molar-refractivity contribution is 5.60. The summed E-state index contributed by atoms with van der Waals surface area (Å²) in [4.78, 5) is 7.06. The van der Waals surface area contributed by atoms with Crippen molar-refractivity contribution in [2.75, 3.05) is 13.7 Å². The second kappa shape index (κ2) is 6.67. The van der Waals surface area contributed by atoms with Crippen molar-refractivity contribution in [3.05, 3.63) is 40.1 Å². The van der Waals surface area contributed by atoms with Crippen LogP contribution in [0.25, 0.3) is 21.9 Å². The van der Waals surface area contributed by atoms with Crippen LogP contribution in [0.15, 0.2) is 27.7 Å². The molecule has 0 aliphatic carbocycles. The number of aryl methyl sites for hydroxylation is 1. The lowest BCUT2D eigenvalue weighted by Crippen LogP contribution is -1.95. The monoisotopic (exact) mass is 288 g/mol. The maximum absolute atomic E-state index is 8.36. The van der Waals surface area contributed by atoms with Gasteiger partial charge in [-0.25, -0.2) is 4.98 Å². The van der Waals surface area contributed by atoms with E-state index in [1.54, 1.807) is 20.1 Å². The van der Waals surface area contributed by atoms with Crippen LogP contribution in [0, 0.1) is 6.92 Å². The number of benzene rings is 1. The van der Waals surface area contributed by atoms with Crippen LogP contribution in [0.1, 0.15) is 18.4 Å². The number of rotatable bonds is 6. The minimum atomic E-state index is 0.167. The molecule has 0 aliphatic rings. The molecule has 0 spiro atoms. The highest BCUT2D eigenvalue weighted by atomic mass is 16.5. The van der Waals surface area contributed by atoms with Gasteiger partial charge in [-0.3, -0.25) is 0 Å². The standard InChI is InChI=1S/C14H16N4O3/c1-4-20-12-6-5-10(7-13(12)19-3)14-17-11(8-16-18-15)9(2)21-14/h5-7H,4,8H2,1-3H3. The third-order valence-corrected chi connectivity index (χ3v) is 2.89.